The van der Waals surface area contributed by atoms with Crippen LogP contribution in [0.5, 0.6) is 6.01 Å². The summed E-state index contributed by atoms with van der Waals surface area (Å²) in [6, 6.07) is 0.786. The fourth-order valence-electron chi connectivity index (χ4n) is 3.80. The molecule has 2 aromatic rings. The standard InChI is InChI=1S/C16H15BrF3N3O/c17-13-10-6-21-15(22-14(10)12(20)4-11(13)19)24-8-16-2-1-3-23(16)7-9(18)5-16/h4,6,9H,1-3,5,7-8H2/t9-,16+/m1/s1. The Bertz CT molecular complexity index is 806. The van der Waals surface area contributed by atoms with Crippen molar-refractivity contribution < 1.29 is 17.9 Å². The summed E-state index contributed by atoms with van der Waals surface area (Å²) in [5.41, 5.74) is -0.330. The zero-order chi connectivity index (χ0) is 16.9. The Hall–Kier alpha value is -1.41. The topological polar surface area (TPSA) is 38.2 Å². The lowest BCUT2D eigenvalue weighted by Gasteiger charge is -2.30. The molecule has 2 aliphatic rings. The van der Waals surface area contributed by atoms with Gasteiger partial charge in [0.05, 0.1) is 10.0 Å². The van der Waals surface area contributed by atoms with Gasteiger partial charge in [-0.2, -0.15) is 4.98 Å². The Morgan fingerprint density at radius 3 is 3.04 bits per heavy atom. The van der Waals surface area contributed by atoms with Crippen LogP contribution in [0.15, 0.2) is 16.7 Å². The number of nitrogens with zero attached hydrogens (tertiary/aromatic N) is 3. The van der Waals surface area contributed by atoms with E-state index in [2.05, 4.69) is 30.8 Å². The van der Waals surface area contributed by atoms with E-state index in [9.17, 15) is 13.2 Å². The Balaban J connectivity index is 1.59. The molecule has 0 spiro atoms. The van der Waals surface area contributed by atoms with Crippen LogP contribution in [0.1, 0.15) is 19.3 Å². The monoisotopic (exact) mass is 401 g/mol. The minimum Gasteiger partial charge on any atom is -0.461 e. The molecule has 2 saturated heterocycles. The number of rotatable bonds is 3. The molecule has 0 radical (unpaired) electrons. The van der Waals surface area contributed by atoms with Gasteiger partial charge in [0, 0.05) is 30.6 Å². The lowest BCUT2D eigenvalue weighted by Crippen LogP contribution is -2.43. The molecule has 4 rings (SSSR count). The number of aromatic nitrogens is 2. The Morgan fingerprint density at radius 1 is 1.38 bits per heavy atom. The average molecular weight is 402 g/mol. The quantitative estimate of drug-likeness (QED) is 0.736. The van der Waals surface area contributed by atoms with E-state index in [0.29, 0.717) is 13.0 Å². The van der Waals surface area contributed by atoms with Crippen molar-refractivity contribution in [2.24, 2.45) is 0 Å². The fraction of sp³-hybridized carbons (Fsp3) is 0.500. The van der Waals surface area contributed by atoms with Crippen LogP contribution >= 0.6 is 15.9 Å². The van der Waals surface area contributed by atoms with Gasteiger partial charge in [-0.3, -0.25) is 4.90 Å². The number of halogens is 4. The highest BCUT2D eigenvalue weighted by molar-refractivity contribution is 9.10. The van der Waals surface area contributed by atoms with Crippen LogP contribution in [0.2, 0.25) is 0 Å². The van der Waals surface area contributed by atoms with Crippen LogP contribution in [0.3, 0.4) is 0 Å². The Labute approximate surface area is 145 Å². The molecule has 1 aromatic heterocycles. The number of benzene rings is 1. The van der Waals surface area contributed by atoms with Crippen molar-refractivity contribution in [1.82, 2.24) is 14.9 Å². The van der Waals surface area contributed by atoms with Crippen LogP contribution in [0, 0.1) is 11.6 Å². The number of fused-ring (bicyclic) bond motifs is 2. The molecule has 24 heavy (non-hydrogen) atoms. The summed E-state index contributed by atoms with van der Waals surface area (Å²) in [5, 5.41) is 0.241. The number of hydrogen-bond acceptors (Lipinski definition) is 4. The van der Waals surface area contributed by atoms with Crippen LogP contribution < -0.4 is 4.74 Å². The molecule has 0 amide bonds. The van der Waals surface area contributed by atoms with Crippen molar-refractivity contribution in [3.63, 3.8) is 0 Å². The molecule has 0 aliphatic carbocycles. The van der Waals surface area contributed by atoms with E-state index in [4.69, 9.17) is 4.74 Å². The highest BCUT2D eigenvalue weighted by atomic mass is 79.9. The zero-order valence-electron chi connectivity index (χ0n) is 12.7. The van der Waals surface area contributed by atoms with E-state index in [-0.39, 0.29) is 33.5 Å². The summed E-state index contributed by atoms with van der Waals surface area (Å²) in [6.45, 7) is 1.56. The van der Waals surface area contributed by atoms with Crippen molar-refractivity contribution in [1.29, 1.82) is 0 Å². The van der Waals surface area contributed by atoms with Gasteiger partial charge in [-0.25, -0.2) is 18.2 Å². The molecule has 2 aliphatic heterocycles. The van der Waals surface area contributed by atoms with E-state index < -0.39 is 17.8 Å². The van der Waals surface area contributed by atoms with E-state index in [1.54, 1.807) is 0 Å². The van der Waals surface area contributed by atoms with Crippen molar-refractivity contribution in [2.75, 3.05) is 19.7 Å². The SMILES string of the molecule is Fc1cc(F)c2nc(OC[C@@]34CCCN3C[C@H](F)C4)ncc2c1Br. The van der Waals surface area contributed by atoms with Gasteiger partial charge in [-0.05, 0) is 35.3 Å². The first kappa shape index (κ1) is 16.1. The Kier molecular flexibility index (Phi) is 3.91. The van der Waals surface area contributed by atoms with Crippen LogP contribution in [0.4, 0.5) is 13.2 Å². The smallest absolute Gasteiger partial charge is 0.317 e. The summed E-state index contributed by atoms with van der Waals surface area (Å²) < 4.78 is 47.0. The third kappa shape index (κ3) is 2.56. The molecule has 0 bridgehead atoms. The third-order valence-electron chi connectivity index (χ3n) is 4.92. The van der Waals surface area contributed by atoms with E-state index in [1.165, 1.54) is 6.20 Å². The molecule has 8 heteroatoms. The van der Waals surface area contributed by atoms with Gasteiger partial charge in [0.25, 0.3) is 0 Å². The summed E-state index contributed by atoms with van der Waals surface area (Å²) >= 11 is 3.06. The van der Waals surface area contributed by atoms with E-state index >= 15 is 0 Å². The second-order valence-electron chi connectivity index (χ2n) is 6.43. The van der Waals surface area contributed by atoms with Gasteiger partial charge in [-0.15, -0.1) is 0 Å². The molecule has 0 N–H and O–H groups in total. The molecule has 128 valence electrons. The lowest BCUT2D eigenvalue weighted by atomic mass is 9.95. The van der Waals surface area contributed by atoms with E-state index in [1.807, 2.05) is 0 Å². The normalized spacial score (nSPS) is 26.9. The van der Waals surface area contributed by atoms with E-state index in [0.717, 1.165) is 25.5 Å². The number of alkyl halides is 1. The van der Waals surface area contributed by atoms with Crippen molar-refractivity contribution in [3.8, 4) is 6.01 Å². The van der Waals surface area contributed by atoms with Gasteiger partial charge in [0.1, 0.15) is 24.1 Å². The Morgan fingerprint density at radius 2 is 2.21 bits per heavy atom. The molecule has 2 atom stereocenters. The van der Waals surface area contributed by atoms with Gasteiger partial charge in [0.2, 0.25) is 0 Å². The largest absolute Gasteiger partial charge is 0.461 e. The minimum atomic E-state index is -0.845. The highest BCUT2D eigenvalue weighted by Crippen LogP contribution is 2.40. The molecule has 3 heterocycles. The predicted molar refractivity (Wildman–Crippen MR) is 85.7 cm³/mol. The van der Waals surface area contributed by atoms with Crippen molar-refractivity contribution in [3.05, 3.63) is 28.4 Å². The number of ether oxygens (including phenoxy) is 1. The van der Waals surface area contributed by atoms with Crippen molar-refractivity contribution in [2.45, 2.75) is 31.0 Å². The molecule has 2 fully saturated rings. The number of hydrogen-bond donors (Lipinski definition) is 0. The molecule has 4 nitrogen and oxygen atoms in total. The van der Waals surface area contributed by atoms with Gasteiger partial charge in [0.15, 0.2) is 5.82 Å². The molecular weight excluding hydrogens is 387 g/mol. The molecule has 0 unspecified atom stereocenters. The summed E-state index contributed by atoms with van der Waals surface area (Å²) in [6.07, 6.45) is 2.79. The maximum atomic E-state index is 13.9. The second-order valence-corrected chi connectivity index (χ2v) is 7.23. The molecule has 0 saturated carbocycles. The maximum Gasteiger partial charge on any atom is 0.317 e. The third-order valence-corrected chi connectivity index (χ3v) is 5.73. The summed E-state index contributed by atoms with van der Waals surface area (Å²) in [4.78, 5) is 10.2. The molecule has 1 aromatic carbocycles. The lowest BCUT2D eigenvalue weighted by molar-refractivity contribution is 0.107. The minimum absolute atomic E-state index is 0.0103. The highest BCUT2D eigenvalue weighted by Gasteiger charge is 2.49. The van der Waals surface area contributed by atoms with Gasteiger partial charge < -0.3 is 4.74 Å². The maximum absolute atomic E-state index is 13.9. The molecular formula is C16H15BrF3N3O. The first-order valence-electron chi connectivity index (χ1n) is 7.81. The average Bonchev–Trinajstić information content (AvgIpc) is 3.06. The van der Waals surface area contributed by atoms with Crippen LogP contribution in [-0.4, -0.2) is 46.3 Å². The zero-order valence-corrected chi connectivity index (χ0v) is 14.3. The van der Waals surface area contributed by atoms with Gasteiger partial charge in [-0.1, -0.05) is 0 Å². The fourth-order valence-corrected chi connectivity index (χ4v) is 4.20. The van der Waals surface area contributed by atoms with Gasteiger partial charge >= 0.3 is 6.01 Å². The van der Waals surface area contributed by atoms with Crippen LogP contribution in [0.25, 0.3) is 10.9 Å². The van der Waals surface area contributed by atoms with Crippen molar-refractivity contribution >= 4 is 26.8 Å². The first-order chi connectivity index (χ1) is 11.5. The predicted octanol–water partition coefficient (Wildman–Crippen LogP) is 3.63. The summed E-state index contributed by atoms with van der Waals surface area (Å²) in [7, 11) is 0. The summed E-state index contributed by atoms with van der Waals surface area (Å²) in [5.74, 6) is -1.49. The second kappa shape index (κ2) is 5.84. The van der Waals surface area contributed by atoms with Crippen LogP contribution in [-0.2, 0) is 0 Å². The first-order valence-corrected chi connectivity index (χ1v) is 8.60.